The van der Waals surface area contributed by atoms with E-state index >= 15 is 0 Å². The predicted octanol–water partition coefficient (Wildman–Crippen LogP) is 5.97. The highest BCUT2D eigenvalue weighted by molar-refractivity contribution is 9.10. The molecule has 0 aliphatic heterocycles. The van der Waals surface area contributed by atoms with Gasteiger partial charge < -0.3 is 0 Å². The third kappa shape index (κ3) is 3.28. The van der Waals surface area contributed by atoms with Crippen LogP contribution in [0.25, 0.3) is 39.4 Å². The topological polar surface area (TPSA) is 59.4 Å². The van der Waals surface area contributed by atoms with Gasteiger partial charge in [0.25, 0.3) is 0 Å². The Labute approximate surface area is 180 Å². The fraction of sp³-hybridized carbons (Fsp3) is 0. The Hall–Kier alpha value is -3.16. The zero-order valence-corrected chi connectivity index (χ0v) is 17.5. The summed E-state index contributed by atoms with van der Waals surface area (Å²) in [6, 6.07) is 24.0. The van der Waals surface area contributed by atoms with Crippen molar-refractivity contribution >= 4 is 39.2 Å². The van der Waals surface area contributed by atoms with Crippen molar-refractivity contribution < 1.29 is 0 Å². The number of hydrogen-bond donors (Lipinski definition) is 1. The van der Waals surface area contributed by atoms with Crippen molar-refractivity contribution in [1.29, 1.82) is 0 Å². The summed E-state index contributed by atoms with van der Waals surface area (Å²) in [5.41, 5.74) is 4.30. The van der Waals surface area contributed by atoms with Gasteiger partial charge in [0.15, 0.2) is 16.2 Å². The number of aromatic nitrogens is 5. The van der Waals surface area contributed by atoms with E-state index in [2.05, 4.69) is 37.2 Å². The molecule has 1 N–H and O–H groups in total. The number of benzene rings is 2. The van der Waals surface area contributed by atoms with Crippen LogP contribution < -0.4 is 0 Å². The van der Waals surface area contributed by atoms with Crippen molar-refractivity contribution in [2.24, 2.45) is 0 Å². The van der Waals surface area contributed by atoms with Gasteiger partial charge in [0.2, 0.25) is 0 Å². The summed E-state index contributed by atoms with van der Waals surface area (Å²) >= 11 is 9.03. The minimum absolute atomic E-state index is 0.521. The van der Waals surface area contributed by atoms with E-state index in [1.54, 1.807) is 6.20 Å². The van der Waals surface area contributed by atoms with E-state index in [9.17, 15) is 0 Å². The number of rotatable bonds is 3. The van der Waals surface area contributed by atoms with Crippen molar-refractivity contribution in [1.82, 2.24) is 24.7 Å². The standard InChI is InChI=1S/C22H14BrN5S/c23-16-8-10-17(11-9-16)28-21(26-27-22(28)29)18-13-15-7-4-12-24-20(15)25-19(18)14-5-2-1-3-6-14/h1-13H,(H,27,29). The first-order valence-corrected chi connectivity index (χ1v) is 10.2. The van der Waals surface area contributed by atoms with E-state index in [0.717, 1.165) is 32.4 Å². The van der Waals surface area contributed by atoms with Crippen molar-refractivity contribution in [3.8, 4) is 28.3 Å². The van der Waals surface area contributed by atoms with Crippen molar-refractivity contribution in [3.63, 3.8) is 0 Å². The molecule has 0 unspecified atom stereocenters. The summed E-state index contributed by atoms with van der Waals surface area (Å²) in [5.74, 6) is 0.703. The molecule has 29 heavy (non-hydrogen) atoms. The molecule has 3 aromatic heterocycles. The molecule has 3 heterocycles. The summed E-state index contributed by atoms with van der Waals surface area (Å²) in [5, 5.41) is 8.43. The number of nitrogens with zero attached hydrogens (tertiary/aromatic N) is 4. The summed E-state index contributed by atoms with van der Waals surface area (Å²) < 4.78 is 3.45. The third-order valence-electron chi connectivity index (χ3n) is 4.63. The van der Waals surface area contributed by atoms with Crippen molar-refractivity contribution in [2.45, 2.75) is 0 Å². The molecule has 0 spiro atoms. The molecule has 0 bridgehead atoms. The molecule has 5 nitrogen and oxygen atoms in total. The molecular weight excluding hydrogens is 446 g/mol. The molecule has 0 atom stereocenters. The Kier molecular flexibility index (Phi) is 4.54. The van der Waals surface area contributed by atoms with E-state index in [0.29, 0.717) is 16.2 Å². The van der Waals surface area contributed by atoms with E-state index in [-0.39, 0.29) is 0 Å². The summed E-state index contributed by atoms with van der Waals surface area (Å²) in [4.78, 5) is 9.29. The fourth-order valence-electron chi connectivity index (χ4n) is 3.30. The quantitative estimate of drug-likeness (QED) is 0.337. The summed E-state index contributed by atoms with van der Waals surface area (Å²) in [6.07, 6.45) is 1.75. The van der Waals surface area contributed by atoms with Crippen molar-refractivity contribution in [3.05, 3.63) is 88.2 Å². The van der Waals surface area contributed by atoms with Gasteiger partial charge in [-0.15, -0.1) is 0 Å². The van der Waals surface area contributed by atoms with Crippen LogP contribution >= 0.6 is 28.1 Å². The first-order chi connectivity index (χ1) is 14.2. The molecule has 0 aliphatic rings. The minimum Gasteiger partial charge on any atom is -0.268 e. The number of pyridine rings is 2. The molecule has 140 valence electrons. The van der Waals surface area contributed by atoms with Gasteiger partial charge in [-0.3, -0.25) is 9.67 Å². The van der Waals surface area contributed by atoms with Crippen LogP contribution in [-0.2, 0) is 0 Å². The van der Waals surface area contributed by atoms with Gasteiger partial charge in [0.05, 0.1) is 11.4 Å². The molecule has 2 aromatic carbocycles. The number of fused-ring (bicyclic) bond motifs is 1. The zero-order valence-electron chi connectivity index (χ0n) is 15.1. The number of nitrogens with one attached hydrogen (secondary N) is 1. The highest BCUT2D eigenvalue weighted by Crippen LogP contribution is 2.33. The van der Waals surface area contributed by atoms with Crippen LogP contribution in [0.5, 0.6) is 0 Å². The van der Waals surface area contributed by atoms with Gasteiger partial charge in [-0.05, 0) is 54.7 Å². The number of aromatic amines is 1. The molecule has 0 saturated heterocycles. The lowest BCUT2D eigenvalue weighted by Gasteiger charge is -2.12. The van der Waals surface area contributed by atoms with E-state index < -0.39 is 0 Å². The number of H-pyrrole nitrogens is 1. The van der Waals surface area contributed by atoms with Gasteiger partial charge in [0.1, 0.15) is 0 Å². The third-order valence-corrected chi connectivity index (χ3v) is 5.44. The largest absolute Gasteiger partial charge is 0.268 e. The summed E-state index contributed by atoms with van der Waals surface area (Å²) in [7, 11) is 0. The fourth-order valence-corrected chi connectivity index (χ4v) is 3.80. The second-order valence-electron chi connectivity index (χ2n) is 6.46. The normalized spacial score (nSPS) is 11.1. The zero-order chi connectivity index (χ0) is 19.8. The average molecular weight is 460 g/mol. The molecule has 5 rings (SSSR count). The maximum absolute atomic E-state index is 5.54. The van der Waals surface area contributed by atoms with Gasteiger partial charge in [-0.2, -0.15) is 5.10 Å². The molecular formula is C22H14BrN5S. The molecule has 0 aliphatic carbocycles. The molecule has 0 radical (unpaired) electrons. The first kappa shape index (κ1) is 17.9. The van der Waals surface area contributed by atoms with Crippen LogP contribution in [0.4, 0.5) is 0 Å². The van der Waals surface area contributed by atoms with Gasteiger partial charge in [-0.1, -0.05) is 46.3 Å². The van der Waals surface area contributed by atoms with Crippen LogP contribution in [0.2, 0.25) is 0 Å². The molecule has 5 aromatic rings. The number of hydrogen-bond acceptors (Lipinski definition) is 4. The highest BCUT2D eigenvalue weighted by atomic mass is 79.9. The second-order valence-corrected chi connectivity index (χ2v) is 7.77. The van der Waals surface area contributed by atoms with E-state index in [1.165, 1.54) is 0 Å². The molecule has 7 heteroatoms. The second kappa shape index (κ2) is 7.35. The van der Waals surface area contributed by atoms with Crippen LogP contribution in [-0.4, -0.2) is 24.7 Å². The smallest absolute Gasteiger partial charge is 0.200 e. The predicted molar refractivity (Wildman–Crippen MR) is 120 cm³/mol. The van der Waals surface area contributed by atoms with Gasteiger partial charge in [-0.25, -0.2) is 9.97 Å². The number of halogens is 1. The SMILES string of the molecule is S=c1[nH]nc(-c2cc3cccnc3nc2-c2ccccc2)n1-c1ccc(Br)cc1. The lowest BCUT2D eigenvalue weighted by molar-refractivity contribution is 1.03. The average Bonchev–Trinajstić information content (AvgIpc) is 3.15. The minimum atomic E-state index is 0.521. The van der Waals surface area contributed by atoms with Gasteiger partial charge in [0, 0.05) is 27.2 Å². The monoisotopic (exact) mass is 459 g/mol. The first-order valence-electron chi connectivity index (χ1n) is 8.95. The highest BCUT2D eigenvalue weighted by Gasteiger charge is 2.18. The Balaban J connectivity index is 1.82. The van der Waals surface area contributed by atoms with E-state index in [4.69, 9.17) is 17.2 Å². The van der Waals surface area contributed by atoms with Crippen LogP contribution in [0, 0.1) is 4.77 Å². The Morgan fingerprint density at radius 3 is 2.52 bits per heavy atom. The summed E-state index contributed by atoms with van der Waals surface area (Å²) in [6.45, 7) is 0. The Morgan fingerprint density at radius 1 is 0.931 bits per heavy atom. The lowest BCUT2D eigenvalue weighted by atomic mass is 10.0. The van der Waals surface area contributed by atoms with Crippen LogP contribution in [0.15, 0.2) is 83.5 Å². The molecule has 0 amide bonds. The van der Waals surface area contributed by atoms with E-state index in [1.807, 2.05) is 71.3 Å². The van der Waals surface area contributed by atoms with Crippen molar-refractivity contribution in [2.75, 3.05) is 0 Å². The molecule has 0 saturated carbocycles. The maximum Gasteiger partial charge on any atom is 0.200 e. The lowest BCUT2D eigenvalue weighted by Crippen LogP contribution is -2.01. The maximum atomic E-state index is 5.54. The Bertz CT molecular complexity index is 1370. The van der Waals surface area contributed by atoms with Crippen LogP contribution in [0.3, 0.4) is 0 Å². The van der Waals surface area contributed by atoms with Gasteiger partial charge >= 0.3 is 0 Å². The van der Waals surface area contributed by atoms with Crippen LogP contribution in [0.1, 0.15) is 0 Å². The molecule has 0 fully saturated rings. The Morgan fingerprint density at radius 2 is 1.72 bits per heavy atom.